The lowest BCUT2D eigenvalue weighted by molar-refractivity contribution is -0.141. The topological polar surface area (TPSA) is 79.0 Å². The van der Waals surface area contributed by atoms with E-state index < -0.39 is 11.9 Å². The maximum absolute atomic E-state index is 12.3. The summed E-state index contributed by atoms with van der Waals surface area (Å²) < 4.78 is 38.0. The lowest BCUT2D eigenvalue weighted by atomic mass is 10.4. The van der Waals surface area contributed by atoms with E-state index in [1.165, 1.54) is 12.4 Å². The van der Waals surface area contributed by atoms with Crippen LogP contribution in [0.5, 0.6) is 0 Å². The van der Waals surface area contributed by atoms with Gasteiger partial charge in [-0.3, -0.25) is 4.98 Å². The molecule has 0 bridgehead atoms. The van der Waals surface area contributed by atoms with Crippen molar-refractivity contribution in [3.63, 3.8) is 0 Å². The highest BCUT2D eigenvalue weighted by molar-refractivity contribution is 5.64. The molecular formula is C7H3F3N6. The number of rotatable bonds is 1. The number of alkyl halides is 3. The van der Waals surface area contributed by atoms with Gasteiger partial charge in [0.1, 0.15) is 0 Å². The van der Waals surface area contributed by atoms with Gasteiger partial charge in [-0.2, -0.15) is 18.3 Å². The van der Waals surface area contributed by atoms with Gasteiger partial charge in [-0.15, -0.1) is 0 Å². The second-order valence-electron chi connectivity index (χ2n) is 2.80. The quantitative estimate of drug-likeness (QED) is 0.427. The molecule has 2 heterocycles. The Balaban J connectivity index is 2.70. The van der Waals surface area contributed by atoms with Crippen molar-refractivity contribution in [1.29, 1.82) is 0 Å². The fraction of sp³-hybridized carbons (Fsp3) is 0.143. The van der Waals surface area contributed by atoms with Crippen LogP contribution in [-0.2, 0) is 6.18 Å². The van der Waals surface area contributed by atoms with E-state index in [-0.39, 0.29) is 11.3 Å². The molecule has 0 amide bonds. The van der Waals surface area contributed by atoms with Gasteiger partial charge in [-0.25, -0.2) is 4.52 Å². The fourth-order valence-electron chi connectivity index (χ4n) is 1.17. The monoisotopic (exact) mass is 228 g/mol. The summed E-state index contributed by atoms with van der Waals surface area (Å²) in [4.78, 5) is 6.11. The van der Waals surface area contributed by atoms with E-state index in [1.54, 1.807) is 0 Å². The normalized spacial score (nSPS) is 11.4. The molecule has 9 heteroatoms. The first kappa shape index (κ1) is 10.2. The Kier molecular flexibility index (Phi) is 2.17. The maximum Gasteiger partial charge on any atom is 0.435 e. The first-order valence-electron chi connectivity index (χ1n) is 3.99. The van der Waals surface area contributed by atoms with E-state index >= 15 is 0 Å². The van der Waals surface area contributed by atoms with Crippen molar-refractivity contribution in [2.24, 2.45) is 5.11 Å². The Morgan fingerprint density at radius 3 is 2.81 bits per heavy atom. The number of aromatic nitrogens is 3. The van der Waals surface area contributed by atoms with Crippen LogP contribution in [0.25, 0.3) is 16.0 Å². The molecule has 0 radical (unpaired) electrons. The van der Waals surface area contributed by atoms with Crippen molar-refractivity contribution in [3.8, 4) is 0 Å². The third kappa shape index (κ3) is 1.63. The number of nitrogens with zero attached hydrogens (tertiary/aromatic N) is 6. The van der Waals surface area contributed by atoms with Crippen LogP contribution in [0.3, 0.4) is 0 Å². The number of fused-ring (bicyclic) bond motifs is 1. The van der Waals surface area contributed by atoms with E-state index in [0.29, 0.717) is 0 Å². The highest BCUT2D eigenvalue weighted by Gasteiger charge is 2.34. The first-order chi connectivity index (χ1) is 7.52. The Morgan fingerprint density at radius 2 is 2.19 bits per heavy atom. The predicted molar refractivity (Wildman–Crippen MR) is 46.8 cm³/mol. The summed E-state index contributed by atoms with van der Waals surface area (Å²) >= 11 is 0. The molecule has 0 saturated heterocycles. The highest BCUT2D eigenvalue weighted by atomic mass is 19.4. The molecule has 0 fully saturated rings. The molecule has 0 atom stereocenters. The number of halogens is 3. The summed E-state index contributed by atoms with van der Waals surface area (Å²) in [7, 11) is 0. The van der Waals surface area contributed by atoms with E-state index in [0.717, 1.165) is 10.6 Å². The van der Waals surface area contributed by atoms with Gasteiger partial charge in [0.25, 0.3) is 0 Å². The third-order valence-corrected chi connectivity index (χ3v) is 1.80. The fourth-order valence-corrected chi connectivity index (χ4v) is 1.17. The van der Waals surface area contributed by atoms with E-state index in [4.69, 9.17) is 5.53 Å². The van der Waals surface area contributed by atoms with Gasteiger partial charge in [-0.1, -0.05) is 0 Å². The van der Waals surface area contributed by atoms with E-state index in [9.17, 15) is 13.2 Å². The molecule has 0 saturated carbocycles. The van der Waals surface area contributed by atoms with Gasteiger partial charge in [0.05, 0.1) is 5.52 Å². The molecule has 0 aliphatic heterocycles. The molecule has 82 valence electrons. The molecule has 2 aromatic heterocycles. The molecule has 0 unspecified atom stereocenters. The first-order valence-corrected chi connectivity index (χ1v) is 3.99. The number of hydrogen-bond donors (Lipinski definition) is 0. The largest absolute Gasteiger partial charge is 0.435 e. The zero-order valence-electron chi connectivity index (χ0n) is 7.55. The summed E-state index contributed by atoms with van der Waals surface area (Å²) in [5.41, 5.74) is 7.16. The van der Waals surface area contributed by atoms with Crippen molar-refractivity contribution < 1.29 is 13.2 Å². The molecule has 0 aromatic carbocycles. The lowest BCUT2D eigenvalue weighted by Gasteiger charge is -1.98. The minimum atomic E-state index is -4.54. The van der Waals surface area contributed by atoms with Gasteiger partial charge < -0.3 is 0 Å². The molecule has 0 aliphatic carbocycles. The minimum absolute atomic E-state index is 0.00706. The van der Waals surface area contributed by atoms with Gasteiger partial charge >= 0.3 is 6.18 Å². The average Bonchev–Trinajstić information content (AvgIpc) is 2.62. The zero-order valence-corrected chi connectivity index (χ0v) is 7.55. The molecule has 2 aromatic rings. The van der Waals surface area contributed by atoms with Crippen LogP contribution in [0.1, 0.15) is 5.69 Å². The van der Waals surface area contributed by atoms with Crippen LogP contribution in [0.15, 0.2) is 23.6 Å². The molecule has 2 rings (SSSR count). The summed E-state index contributed by atoms with van der Waals surface area (Å²) in [5.74, 6) is -0.145. The summed E-state index contributed by atoms with van der Waals surface area (Å²) in [5, 5.41) is 6.47. The standard InChI is InChI=1S/C7H3F3N6/c8-7(9,10)5-3-4-6(13-15-11)12-1-2-16(4)14-5/h1-3H. The van der Waals surface area contributed by atoms with Crippen LogP contribution in [0.4, 0.5) is 19.0 Å². The molecule has 0 spiro atoms. The Morgan fingerprint density at radius 1 is 1.44 bits per heavy atom. The number of azide groups is 1. The van der Waals surface area contributed by atoms with Crippen LogP contribution in [-0.4, -0.2) is 14.6 Å². The zero-order chi connectivity index (χ0) is 11.8. The van der Waals surface area contributed by atoms with Gasteiger partial charge in [0.15, 0.2) is 11.5 Å². The third-order valence-electron chi connectivity index (χ3n) is 1.80. The number of hydrogen-bond acceptors (Lipinski definition) is 3. The minimum Gasteiger partial charge on any atom is -0.251 e. The van der Waals surface area contributed by atoms with Crippen molar-refractivity contribution in [2.45, 2.75) is 6.18 Å². The summed E-state index contributed by atoms with van der Waals surface area (Å²) in [6, 6.07) is 0.775. The van der Waals surface area contributed by atoms with Crippen LogP contribution >= 0.6 is 0 Å². The van der Waals surface area contributed by atoms with Crippen molar-refractivity contribution in [1.82, 2.24) is 14.6 Å². The predicted octanol–water partition coefficient (Wildman–Crippen LogP) is 2.69. The van der Waals surface area contributed by atoms with Gasteiger partial charge in [-0.05, 0) is 16.7 Å². The summed E-state index contributed by atoms with van der Waals surface area (Å²) in [6.07, 6.45) is -2.11. The smallest absolute Gasteiger partial charge is 0.251 e. The summed E-state index contributed by atoms with van der Waals surface area (Å²) in [6.45, 7) is 0. The Bertz CT molecular complexity index is 579. The van der Waals surface area contributed by atoms with Gasteiger partial charge in [0.2, 0.25) is 0 Å². The van der Waals surface area contributed by atoms with E-state index in [2.05, 4.69) is 20.1 Å². The molecule has 0 aliphatic rings. The van der Waals surface area contributed by atoms with Crippen LogP contribution in [0, 0.1) is 0 Å². The SMILES string of the molecule is [N-]=[N+]=Nc1nccn2nc(C(F)(F)F)cc12. The van der Waals surface area contributed by atoms with Crippen molar-refractivity contribution in [3.05, 3.63) is 34.6 Å². The molecule has 6 nitrogen and oxygen atoms in total. The van der Waals surface area contributed by atoms with Crippen molar-refractivity contribution >= 4 is 11.3 Å². The second kappa shape index (κ2) is 3.38. The lowest BCUT2D eigenvalue weighted by Crippen LogP contribution is -2.05. The van der Waals surface area contributed by atoms with Crippen LogP contribution in [0.2, 0.25) is 0 Å². The second-order valence-corrected chi connectivity index (χ2v) is 2.80. The Hall–Kier alpha value is -2.28. The van der Waals surface area contributed by atoms with E-state index in [1.807, 2.05) is 0 Å². The maximum atomic E-state index is 12.3. The van der Waals surface area contributed by atoms with Crippen molar-refractivity contribution in [2.75, 3.05) is 0 Å². The molecule has 16 heavy (non-hydrogen) atoms. The highest BCUT2D eigenvalue weighted by Crippen LogP contribution is 2.30. The van der Waals surface area contributed by atoms with Crippen LogP contribution < -0.4 is 0 Å². The average molecular weight is 228 g/mol. The molecule has 0 N–H and O–H groups in total. The van der Waals surface area contributed by atoms with Gasteiger partial charge in [0, 0.05) is 17.3 Å². The Labute approximate surface area is 86.0 Å². The molecular weight excluding hydrogens is 225 g/mol.